The molecule has 35 heavy (non-hydrogen) atoms. The molecular formula is C24H26N6O4S. The Morgan fingerprint density at radius 3 is 2.89 bits per heavy atom. The average molecular weight is 495 g/mol. The molecular weight excluding hydrogens is 468 g/mol. The Morgan fingerprint density at radius 1 is 1.26 bits per heavy atom. The zero-order valence-electron chi connectivity index (χ0n) is 19.2. The van der Waals surface area contributed by atoms with Crippen LogP contribution in [0.25, 0.3) is 16.6 Å². The van der Waals surface area contributed by atoms with Crippen molar-refractivity contribution in [3.05, 3.63) is 64.5 Å². The number of nitrogens with two attached hydrogens (primary N) is 1. The van der Waals surface area contributed by atoms with E-state index in [0.717, 1.165) is 58.8 Å². The second kappa shape index (κ2) is 9.16. The molecule has 0 unspecified atom stereocenters. The van der Waals surface area contributed by atoms with Crippen LogP contribution in [0, 0.1) is 6.92 Å². The number of anilines is 1. The summed E-state index contributed by atoms with van der Waals surface area (Å²) in [7, 11) is -4.26. The highest BCUT2D eigenvalue weighted by Crippen LogP contribution is 2.40. The van der Waals surface area contributed by atoms with Crippen molar-refractivity contribution in [2.45, 2.75) is 26.2 Å². The van der Waals surface area contributed by atoms with Gasteiger partial charge < -0.3 is 15.8 Å². The number of fused-ring (bicyclic) bond motifs is 2. The first kappa shape index (κ1) is 23.1. The minimum atomic E-state index is -4.26. The van der Waals surface area contributed by atoms with Gasteiger partial charge in [0.15, 0.2) is 0 Å². The summed E-state index contributed by atoms with van der Waals surface area (Å²) in [6, 6.07) is 7.10. The summed E-state index contributed by atoms with van der Waals surface area (Å²) in [6.07, 6.45) is 7.18. The first-order valence-corrected chi connectivity index (χ1v) is 12.8. The zero-order chi connectivity index (χ0) is 24.6. The molecule has 2 aliphatic rings. The fourth-order valence-electron chi connectivity index (χ4n) is 4.75. The third-order valence-electron chi connectivity index (χ3n) is 6.25. The Kier molecular flexibility index (Phi) is 6.03. The minimum Gasteiger partial charge on any atom is -0.403 e. The standard InChI is InChI=1S/C24H26N6O4S/c1-15-11-16-3-2-4-19(16)23(22(15)17-6-9-30-18(12-17)5-7-27-30)28-24(31)29-35(32,33)21(13-25)20-14-34-10-8-26-20/h5-7,9,11-13H,2-4,8,10,14,25H2,1H3,(H2,28,29,31). The number of aromatic nitrogens is 2. The molecule has 0 spiro atoms. The van der Waals surface area contributed by atoms with Crippen LogP contribution in [0.5, 0.6) is 0 Å². The normalized spacial score (nSPS) is 16.1. The number of aryl methyl sites for hydroxylation is 2. The molecule has 0 saturated carbocycles. The summed E-state index contributed by atoms with van der Waals surface area (Å²) >= 11 is 0. The molecule has 2 amide bonds. The Morgan fingerprint density at radius 2 is 2.11 bits per heavy atom. The highest BCUT2D eigenvalue weighted by Gasteiger charge is 2.28. The Bertz CT molecular complexity index is 1490. The lowest BCUT2D eigenvalue weighted by molar-refractivity contribution is 0.171. The van der Waals surface area contributed by atoms with E-state index in [1.807, 2.05) is 31.3 Å². The van der Waals surface area contributed by atoms with Gasteiger partial charge in [0.1, 0.15) is 4.91 Å². The van der Waals surface area contributed by atoms with Crippen LogP contribution in [0.15, 0.2) is 52.8 Å². The van der Waals surface area contributed by atoms with Crippen LogP contribution in [0.4, 0.5) is 10.5 Å². The van der Waals surface area contributed by atoms with E-state index in [1.165, 1.54) is 0 Å². The van der Waals surface area contributed by atoms with E-state index in [9.17, 15) is 13.2 Å². The van der Waals surface area contributed by atoms with Gasteiger partial charge in [-0.05, 0) is 66.6 Å². The third kappa shape index (κ3) is 4.40. The third-order valence-corrected chi connectivity index (χ3v) is 7.66. The monoisotopic (exact) mass is 494 g/mol. The van der Waals surface area contributed by atoms with Crippen LogP contribution in [0.1, 0.15) is 23.1 Å². The Hall–Kier alpha value is -3.70. The lowest BCUT2D eigenvalue weighted by atomic mass is 9.93. The topological polar surface area (TPSA) is 140 Å². The number of rotatable bonds is 5. The molecule has 3 heterocycles. The molecule has 11 heteroatoms. The molecule has 10 nitrogen and oxygen atoms in total. The summed E-state index contributed by atoms with van der Waals surface area (Å²) in [5.74, 6) is 0. The molecule has 1 aliphatic heterocycles. The summed E-state index contributed by atoms with van der Waals surface area (Å²) in [5.41, 5.74) is 12.2. The van der Waals surface area contributed by atoms with E-state index < -0.39 is 16.1 Å². The molecule has 3 aromatic rings. The number of pyridine rings is 1. The number of sulfonamides is 1. The van der Waals surface area contributed by atoms with E-state index >= 15 is 0 Å². The molecule has 0 radical (unpaired) electrons. The van der Waals surface area contributed by atoms with Gasteiger partial charge in [-0.1, -0.05) is 6.07 Å². The molecule has 0 fully saturated rings. The predicted molar refractivity (Wildman–Crippen MR) is 134 cm³/mol. The maximum atomic E-state index is 13.0. The lowest BCUT2D eigenvalue weighted by Gasteiger charge is -2.20. The maximum Gasteiger partial charge on any atom is 0.333 e. The van der Waals surface area contributed by atoms with Crippen LogP contribution in [-0.4, -0.2) is 49.5 Å². The van der Waals surface area contributed by atoms with Crippen molar-refractivity contribution in [3.8, 4) is 11.1 Å². The van der Waals surface area contributed by atoms with Crippen LogP contribution in [0.2, 0.25) is 0 Å². The molecule has 0 atom stereocenters. The number of aliphatic imine (C=N–C) groups is 1. The molecule has 1 aromatic carbocycles. The minimum absolute atomic E-state index is 0.0121. The lowest BCUT2D eigenvalue weighted by Crippen LogP contribution is -2.38. The van der Waals surface area contributed by atoms with Gasteiger partial charge in [-0.25, -0.2) is 22.4 Å². The predicted octanol–water partition coefficient (Wildman–Crippen LogP) is 2.52. The highest BCUT2D eigenvalue weighted by atomic mass is 32.2. The average Bonchev–Trinajstić information content (AvgIpc) is 3.48. The van der Waals surface area contributed by atoms with Crippen molar-refractivity contribution in [1.82, 2.24) is 14.3 Å². The van der Waals surface area contributed by atoms with E-state index in [0.29, 0.717) is 18.8 Å². The SMILES string of the molecule is Cc1cc2c(c(NC(=O)NS(=O)(=O)C(=CN)C3=NCCOC3)c1-c1ccn3nccc3c1)CCC2. The zero-order valence-corrected chi connectivity index (χ0v) is 20.1. The number of carbonyl (C=O) groups is 1. The van der Waals surface area contributed by atoms with Gasteiger partial charge in [-0.3, -0.25) is 4.99 Å². The number of carbonyl (C=O) groups excluding carboxylic acids is 1. The Balaban J connectivity index is 1.50. The number of nitrogens with one attached hydrogen (secondary N) is 2. The smallest absolute Gasteiger partial charge is 0.333 e. The van der Waals surface area contributed by atoms with Gasteiger partial charge in [0, 0.05) is 24.2 Å². The van der Waals surface area contributed by atoms with E-state index in [-0.39, 0.29) is 17.2 Å². The molecule has 5 rings (SSSR count). The molecule has 4 N–H and O–H groups in total. The maximum absolute atomic E-state index is 13.0. The second-order valence-electron chi connectivity index (χ2n) is 8.52. The summed E-state index contributed by atoms with van der Waals surface area (Å²) in [6.45, 7) is 2.74. The fraction of sp³-hybridized carbons (Fsp3) is 0.292. The summed E-state index contributed by atoms with van der Waals surface area (Å²) in [5, 5.41) is 7.08. The number of amides is 2. The molecule has 0 saturated heterocycles. The van der Waals surface area contributed by atoms with Crippen molar-refractivity contribution in [2.24, 2.45) is 10.7 Å². The van der Waals surface area contributed by atoms with Gasteiger partial charge in [0.05, 0.1) is 36.7 Å². The van der Waals surface area contributed by atoms with Crippen molar-refractivity contribution < 1.29 is 17.9 Å². The summed E-state index contributed by atoms with van der Waals surface area (Å²) < 4.78 is 35.1. The van der Waals surface area contributed by atoms with Crippen LogP contribution in [0.3, 0.4) is 0 Å². The van der Waals surface area contributed by atoms with E-state index in [1.54, 1.807) is 10.7 Å². The van der Waals surface area contributed by atoms with Gasteiger partial charge >= 0.3 is 6.03 Å². The van der Waals surface area contributed by atoms with E-state index in [2.05, 4.69) is 26.2 Å². The summed E-state index contributed by atoms with van der Waals surface area (Å²) in [4.78, 5) is 16.9. The number of ether oxygens (including phenoxy) is 1. The number of benzene rings is 1. The van der Waals surface area contributed by atoms with Gasteiger partial charge in [0.25, 0.3) is 10.0 Å². The highest BCUT2D eigenvalue weighted by molar-refractivity contribution is 7.95. The molecule has 0 bridgehead atoms. The van der Waals surface area contributed by atoms with Crippen molar-refractivity contribution in [1.29, 1.82) is 0 Å². The van der Waals surface area contributed by atoms with Gasteiger partial charge in [-0.15, -0.1) is 0 Å². The van der Waals surface area contributed by atoms with Crippen molar-refractivity contribution in [3.63, 3.8) is 0 Å². The molecule has 1 aliphatic carbocycles. The van der Waals surface area contributed by atoms with Crippen molar-refractivity contribution in [2.75, 3.05) is 25.1 Å². The first-order valence-electron chi connectivity index (χ1n) is 11.3. The number of hydrogen-bond donors (Lipinski definition) is 3. The number of hydrogen-bond acceptors (Lipinski definition) is 7. The fourth-order valence-corrected chi connectivity index (χ4v) is 5.76. The molecule has 2 aromatic heterocycles. The van der Waals surface area contributed by atoms with Crippen LogP contribution >= 0.6 is 0 Å². The number of nitrogens with zero attached hydrogens (tertiary/aromatic N) is 3. The van der Waals surface area contributed by atoms with Gasteiger partial charge in [0.2, 0.25) is 0 Å². The Labute approximate surface area is 202 Å². The van der Waals surface area contributed by atoms with Crippen molar-refractivity contribution >= 4 is 33.0 Å². The molecule has 182 valence electrons. The second-order valence-corrected chi connectivity index (χ2v) is 10.2. The number of urea groups is 1. The quantitative estimate of drug-likeness (QED) is 0.498. The van der Waals surface area contributed by atoms with E-state index in [4.69, 9.17) is 10.5 Å². The largest absolute Gasteiger partial charge is 0.403 e. The van der Waals surface area contributed by atoms with Gasteiger partial charge in [-0.2, -0.15) is 5.10 Å². The first-order chi connectivity index (χ1) is 16.9. The van der Waals surface area contributed by atoms with Crippen LogP contribution in [-0.2, 0) is 27.6 Å². The van der Waals surface area contributed by atoms with Crippen LogP contribution < -0.4 is 15.8 Å².